The maximum Gasteiger partial charge on any atom is 0.341 e. The Labute approximate surface area is 235 Å². The minimum atomic E-state index is -1.18. The van der Waals surface area contributed by atoms with Crippen molar-refractivity contribution in [3.8, 4) is 11.5 Å². The van der Waals surface area contributed by atoms with E-state index in [0.717, 1.165) is 17.7 Å². The second kappa shape index (κ2) is 14.0. The third-order valence-electron chi connectivity index (χ3n) is 5.82. The van der Waals surface area contributed by atoms with Crippen LogP contribution in [0.1, 0.15) is 32.3 Å². The maximum atomic E-state index is 12.9. The molecule has 0 amide bonds. The van der Waals surface area contributed by atoms with E-state index in [-0.39, 0.29) is 17.9 Å². The van der Waals surface area contributed by atoms with E-state index in [2.05, 4.69) is 10.6 Å². The zero-order valence-corrected chi connectivity index (χ0v) is 23.7. The van der Waals surface area contributed by atoms with Crippen LogP contribution in [-0.2, 0) is 18.4 Å². The van der Waals surface area contributed by atoms with Crippen LogP contribution in [0.3, 0.4) is 0 Å². The lowest BCUT2D eigenvalue weighted by Crippen LogP contribution is -2.22. The van der Waals surface area contributed by atoms with Crippen LogP contribution in [0.4, 0.5) is 9.57 Å². The number of methoxy groups -OCH3 is 1. The van der Waals surface area contributed by atoms with Gasteiger partial charge in [-0.2, -0.15) is 3.89 Å². The molecule has 4 rings (SSSR count). The molecule has 208 valence electrons. The lowest BCUT2D eigenvalue weighted by atomic mass is 10.1. The number of ether oxygens (including phenoxy) is 2. The Morgan fingerprint density at radius 2 is 1.95 bits per heavy atom. The summed E-state index contributed by atoms with van der Waals surface area (Å²) in [6.45, 7) is 3.91. The smallest absolute Gasteiger partial charge is 0.341 e. The summed E-state index contributed by atoms with van der Waals surface area (Å²) in [6.07, 6.45) is 3.29. The number of carboxylic acids is 1. The Kier molecular flexibility index (Phi) is 10.7. The molecule has 0 aliphatic heterocycles. The van der Waals surface area contributed by atoms with Crippen LogP contribution >= 0.6 is 23.7 Å². The highest BCUT2D eigenvalue weighted by Gasteiger charge is 2.17. The van der Waals surface area contributed by atoms with Gasteiger partial charge in [0.15, 0.2) is 12.4 Å². The fourth-order valence-electron chi connectivity index (χ4n) is 4.06. The molecule has 1 aliphatic rings. The third kappa shape index (κ3) is 7.48. The molecule has 0 atom stereocenters. The van der Waals surface area contributed by atoms with Gasteiger partial charge in [-0.1, -0.05) is 37.6 Å². The second-order valence-corrected chi connectivity index (χ2v) is 9.44. The van der Waals surface area contributed by atoms with Gasteiger partial charge in [0.1, 0.15) is 5.75 Å². The molecule has 1 aliphatic carbocycles. The Hall–Kier alpha value is -3.63. The lowest BCUT2D eigenvalue weighted by molar-refractivity contribution is -0.139. The van der Waals surface area contributed by atoms with Gasteiger partial charge in [-0.15, -0.1) is 0 Å². The average Bonchev–Trinajstić information content (AvgIpc) is 2.95. The highest BCUT2D eigenvalue weighted by Crippen LogP contribution is 2.33. The number of hydrogen-bond acceptors (Lipinski definition) is 7. The average molecular weight is 576 g/mol. The maximum absolute atomic E-state index is 12.9. The van der Waals surface area contributed by atoms with E-state index in [1.165, 1.54) is 17.7 Å². The quantitative estimate of drug-likeness (QED) is 0.257. The van der Waals surface area contributed by atoms with Crippen LogP contribution in [0.15, 0.2) is 74.7 Å². The Balaban J connectivity index is 0.00000205. The Morgan fingerprint density at radius 3 is 2.64 bits per heavy atom. The van der Waals surface area contributed by atoms with Crippen LogP contribution in [0.2, 0.25) is 0 Å². The van der Waals surface area contributed by atoms with Crippen LogP contribution in [0.5, 0.6) is 11.5 Å². The molecule has 3 N–H and O–H groups in total. The molecule has 0 unspecified atom stereocenters. The summed E-state index contributed by atoms with van der Waals surface area (Å²) in [4.78, 5) is 24.1. The fraction of sp³-hybridized carbons (Fsp3) is 0.286. The molecular weight excluding hydrogens is 545 g/mol. The molecule has 0 saturated heterocycles. The van der Waals surface area contributed by atoms with Gasteiger partial charge in [-0.3, -0.25) is 4.79 Å². The van der Waals surface area contributed by atoms with E-state index in [1.807, 2.05) is 32.1 Å². The number of aliphatic carboxylic acids is 1. The SMILES string of the molecule is CC.COc1cc(NC2=C(Cl)CCC(NCc3cccc(SF)c3)=C2)cc2cc(OCC(=O)O)c(=O)n(C)c12. The van der Waals surface area contributed by atoms with Crippen LogP contribution in [0, 0.1) is 0 Å². The van der Waals surface area contributed by atoms with Gasteiger partial charge >= 0.3 is 5.97 Å². The summed E-state index contributed by atoms with van der Waals surface area (Å²) >= 11 is 6.75. The van der Waals surface area contributed by atoms with Crippen LogP contribution in [-0.4, -0.2) is 29.4 Å². The zero-order chi connectivity index (χ0) is 28.5. The van der Waals surface area contributed by atoms with Crippen molar-refractivity contribution in [2.75, 3.05) is 19.0 Å². The Morgan fingerprint density at radius 1 is 1.18 bits per heavy atom. The summed E-state index contributed by atoms with van der Waals surface area (Å²) < 4.78 is 25.0. The van der Waals surface area contributed by atoms with Crippen molar-refractivity contribution in [3.63, 3.8) is 0 Å². The van der Waals surface area contributed by atoms with Crippen molar-refractivity contribution in [2.45, 2.75) is 38.1 Å². The molecule has 8 nitrogen and oxygen atoms in total. The molecule has 0 bridgehead atoms. The van der Waals surface area contributed by atoms with Crippen molar-refractivity contribution in [3.05, 3.63) is 80.9 Å². The molecule has 39 heavy (non-hydrogen) atoms. The zero-order valence-electron chi connectivity index (χ0n) is 22.1. The van der Waals surface area contributed by atoms with E-state index >= 15 is 0 Å². The van der Waals surface area contributed by atoms with Crippen molar-refractivity contribution in [1.29, 1.82) is 0 Å². The van der Waals surface area contributed by atoms with E-state index < -0.39 is 18.1 Å². The lowest BCUT2D eigenvalue weighted by Gasteiger charge is -2.21. The van der Waals surface area contributed by atoms with E-state index in [0.29, 0.717) is 50.9 Å². The largest absolute Gasteiger partial charge is 0.494 e. The van der Waals surface area contributed by atoms with E-state index in [1.54, 1.807) is 31.3 Å². The number of aryl methyl sites for hydroxylation is 1. The number of aromatic nitrogens is 1. The van der Waals surface area contributed by atoms with Gasteiger partial charge in [0.05, 0.1) is 30.5 Å². The van der Waals surface area contributed by atoms with Gasteiger partial charge in [0.25, 0.3) is 5.56 Å². The van der Waals surface area contributed by atoms with Crippen molar-refractivity contribution < 1.29 is 23.3 Å². The predicted octanol–water partition coefficient (Wildman–Crippen LogP) is 6.34. The summed E-state index contributed by atoms with van der Waals surface area (Å²) in [5.41, 5.74) is 3.37. The molecule has 0 radical (unpaired) electrons. The first-order chi connectivity index (χ1) is 18.8. The van der Waals surface area contributed by atoms with Gasteiger partial charge in [-0.05, 0) is 48.7 Å². The molecular formula is C28H31ClFN3O5S. The van der Waals surface area contributed by atoms with E-state index in [9.17, 15) is 13.5 Å². The number of carboxylic acid groups (broad SMARTS) is 1. The first-order valence-electron chi connectivity index (χ1n) is 12.3. The fourth-order valence-corrected chi connectivity index (χ4v) is 4.58. The summed E-state index contributed by atoms with van der Waals surface area (Å²) in [5, 5.41) is 16.9. The normalized spacial score (nSPS) is 12.8. The number of fused-ring (bicyclic) bond motifs is 1. The van der Waals surface area contributed by atoms with Gasteiger partial charge < -0.3 is 29.8 Å². The molecule has 1 aromatic heterocycles. The number of benzene rings is 2. The number of rotatable bonds is 10. The number of nitrogens with zero attached hydrogens (tertiary/aromatic N) is 1. The molecule has 0 fully saturated rings. The standard InChI is InChI=1S/C26H25ClFN3O5S.C2H6/c1-31-25-16(10-23(26(31)34)36-14-24(32)33)9-18(12-22(25)35-2)30-21-11-17(6-7-20(21)27)29-13-15-4-3-5-19(8-15)37-28;1-2/h3-5,8-12,29-30H,6-7,13-14H2,1-2H3,(H,32,33);1-2H3. The van der Waals surface area contributed by atoms with Gasteiger partial charge in [0, 0.05) is 46.4 Å². The molecule has 0 spiro atoms. The molecule has 3 aromatic rings. The first-order valence-corrected chi connectivity index (χ1v) is 13.4. The minimum absolute atomic E-state index is 0.0758. The number of hydrogen-bond donors (Lipinski definition) is 3. The van der Waals surface area contributed by atoms with Gasteiger partial charge in [0.2, 0.25) is 0 Å². The van der Waals surface area contributed by atoms with Crippen LogP contribution < -0.4 is 25.7 Å². The van der Waals surface area contributed by atoms with Crippen molar-refractivity contribution >= 4 is 46.3 Å². The number of allylic oxidation sites excluding steroid dienone is 3. The summed E-state index contributed by atoms with van der Waals surface area (Å²) in [5.74, 6) is -0.808. The first kappa shape index (κ1) is 29.9. The van der Waals surface area contributed by atoms with Crippen molar-refractivity contribution in [1.82, 2.24) is 9.88 Å². The topological polar surface area (TPSA) is 102 Å². The number of halogens is 2. The van der Waals surface area contributed by atoms with Crippen molar-refractivity contribution in [2.24, 2.45) is 7.05 Å². The number of pyridine rings is 1. The molecule has 2 aromatic carbocycles. The van der Waals surface area contributed by atoms with Crippen LogP contribution in [0.25, 0.3) is 10.9 Å². The number of carbonyl (C=O) groups is 1. The predicted molar refractivity (Wildman–Crippen MR) is 154 cm³/mol. The molecule has 1 heterocycles. The molecule has 11 heteroatoms. The van der Waals surface area contributed by atoms with E-state index in [4.69, 9.17) is 26.2 Å². The molecule has 0 saturated carbocycles. The second-order valence-electron chi connectivity index (χ2n) is 8.36. The number of nitrogens with one attached hydrogen (secondary N) is 2. The minimum Gasteiger partial charge on any atom is -0.494 e. The Bertz CT molecular complexity index is 1470. The highest BCUT2D eigenvalue weighted by atomic mass is 35.5. The van der Waals surface area contributed by atoms with Gasteiger partial charge in [-0.25, -0.2) is 4.79 Å². The third-order valence-corrected chi connectivity index (χ3v) is 6.65. The monoisotopic (exact) mass is 575 g/mol. The highest BCUT2D eigenvalue weighted by molar-refractivity contribution is 7.94. The summed E-state index contributed by atoms with van der Waals surface area (Å²) in [6, 6.07) is 12.3. The number of anilines is 1. The summed E-state index contributed by atoms with van der Waals surface area (Å²) in [7, 11) is 3.07.